The van der Waals surface area contributed by atoms with Gasteiger partial charge in [0.15, 0.2) is 24.1 Å². The Morgan fingerprint density at radius 1 is 0.620 bits per heavy atom. The molecule has 0 bridgehead atoms. The zero-order chi connectivity index (χ0) is 68.4. The number of nitrogens with two attached hydrogens (primary N) is 1. The Balaban J connectivity index is 0.456. The molecule has 0 saturated carbocycles. The van der Waals surface area contributed by atoms with Crippen LogP contribution in [-0.2, 0) is 14.8 Å². The van der Waals surface area contributed by atoms with Gasteiger partial charge in [-0.25, -0.2) is 35.0 Å². The van der Waals surface area contributed by atoms with Gasteiger partial charge in [0.1, 0.15) is 35.1 Å². The van der Waals surface area contributed by atoms with Gasteiger partial charge in [0.2, 0.25) is 0 Å². The number of quaternary nitrogens is 1. The number of aliphatic hydroxyl groups is 1. The summed E-state index contributed by atoms with van der Waals surface area (Å²) in [4.78, 5) is 32.5. The van der Waals surface area contributed by atoms with Gasteiger partial charge in [-0.05, 0) is 77.5 Å². The molecule has 5 aromatic rings. The molecule has 0 amide bonds. The number of aliphatic hydroxyl groups excluding tert-OH is 1. The van der Waals surface area contributed by atoms with Crippen LogP contribution >= 0.6 is 47.0 Å². The van der Waals surface area contributed by atoms with Gasteiger partial charge >= 0.3 is 23.8 Å². The number of aromatic hydroxyl groups is 2. The maximum Gasteiger partial charge on any atom is 0.441 e. The highest BCUT2D eigenvalue weighted by atomic mass is 32.2. The second kappa shape index (κ2) is 30.3. The first-order valence-corrected chi connectivity index (χ1v) is 42.9. The lowest BCUT2D eigenvalue weighted by Gasteiger charge is -2.43. The van der Waals surface area contributed by atoms with E-state index in [-0.39, 0.29) is 28.5 Å². The van der Waals surface area contributed by atoms with Crippen LogP contribution in [0.3, 0.4) is 0 Å². The zero-order valence-corrected chi connectivity index (χ0v) is 62.1. The fourth-order valence-corrected chi connectivity index (χ4v) is 25.4. The number of ether oxygens (including phenoxy) is 2. The number of nitrogens with one attached hydrogen (secondary N) is 6. The molecular formula is C75H99N13O7S4Si+4. The van der Waals surface area contributed by atoms with Crippen molar-refractivity contribution in [1.82, 2.24) is 36.4 Å². The molecule has 10 aliphatic rings. The Morgan fingerprint density at radius 2 is 1.15 bits per heavy atom. The van der Waals surface area contributed by atoms with Crippen LogP contribution in [0.4, 0.5) is 0 Å². The van der Waals surface area contributed by atoms with Gasteiger partial charge in [-0.3, -0.25) is 15.2 Å². The summed E-state index contributed by atoms with van der Waals surface area (Å²) in [5, 5.41) is 56.4. The van der Waals surface area contributed by atoms with Crippen LogP contribution in [-0.4, -0.2) is 238 Å². The maximum atomic E-state index is 13.6. The Kier molecular flexibility index (Phi) is 20.9. The van der Waals surface area contributed by atoms with E-state index in [1.807, 2.05) is 23.5 Å². The molecule has 0 unspecified atom stereocenters. The number of esters is 1. The minimum Gasteiger partial charge on any atom is -0.508 e. The summed E-state index contributed by atoms with van der Waals surface area (Å²) in [5.74, 6) is 13.0. The van der Waals surface area contributed by atoms with Crippen molar-refractivity contribution in [2.45, 2.75) is 131 Å². The Bertz CT molecular complexity index is 3870. The molecule has 10 heterocycles. The maximum absolute atomic E-state index is 13.6. The van der Waals surface area contributed by atoms with E-state index >= 15 is 0 Å². The minimum atomic E-state index is -2.61. The number of nitrogens with zero attached hydrogens (tertiary/aromatic N) is 6. The van der Waals surface area contributed by atoms with Crippen molar-refractivity contribution in [3.63, 3.8) is 0 Å². The highest BCUT2D eigenvalue weighted by Gasteiger charge is 2.55. The first-order chi connectivity index (χ1) is 48.7. The SMILES string of the molecule is CC(C)(C)[Si](OC[C@@H]1CC[N+]2=C(N1)[NH2+][C@@H](CSC[C@@H]1CCN3CC[C@H](CSC[C@@H]4CCN5CC[C@H](CSC[C@@H]6CC[N+]7=C(N[C@@H](CSCC[NH+]=C(O)c8ccc9c(c8)C(=O)OC98c9ccc(O)cc9Oc9cc(O)ccc98)CC7)N6)N=C5N4)N=C3N1)CC2)(c1ccccc1)c1ccccc1. The second-order valence-electron chi connectivity index (χ2n) is 29.6. The normalized spacial score (nSPS) is 25.3. The van der Waals surface area contributed by atoms with Gasteiger partial charge in [-0.15, -0.1) is 0 Å². The van der Waals surface area contributed by atoms with Crippen molar-refractivity contribution in [2.75, 3.05) is 112 Å². The van der Waals surface area contributed by atoms with Crippen molar-refractivity contribution in [3.8, 4) is 23.0 Å². The number of rotatable bonds is 23. The molecule has 10 aliphatic heterocycles. The number of guanidine groups is 4. The van der Waals surface area contributed by atoms with Crippen LogP contribution in [0.1, 0.15) is 105 Å². The quantitative estimate of drug-likeness (QED) is 0.0110. The van der Waals surface area contributed by atoms with Gasteiger partial charge in [-0.2, -0.15) is 47.0 Å². The summed E-state index contributed by atoms with van der Waals surface area (Å²) >= 11 is 8.07. The van der Waals surface area contributed by atoms with Gasteiger partial charge in [0.25, 0.3) is 8.32 Å². The average molecular weight is 1450 g/mol. The Morgan fingerprint density at radius 3 is 1.75 bits per heavy atom. The third kappa shape index (κ3) is 14.8. The van der Waals surface area contributed by atoms with Gasteiger partial charge < -0.3 is 49.7 Å². The first kappa shape index (κ1) is 69.0. The number of thioether (sulfide) groups is 4. The van der Waals surface area contributed by atoms with E-state index in [0.29, 0.717) is 94.8 Å². The molecule has 25 heteroatoms. The van der Waals surface area contributed by atoms with Crippen molar-refractivity contribution in [3.05, 3.63) is 143 Å². The van der Waals surface area contributed by atoms with Crippen molar-refractivity contribution >= 4 is 101 Å². The Hall–Kier alpha value is -6.74. The van der Waals surface area contributed by atoms with Gasteiger partial charge in [-0.1, -0.05) is 87.5 Å². The molecule has 2 fully saturated rings. The van der Waals surface area contributed by atoms with Crippen LogP contribution in [0.25, 0.3) is 0 Å². The summed E-state index contributed by atoms with van der Waals surface area (Å²) in [6, 6.07) is 39.8. The highest BCUT2D eigenvalue weighted by Crippen LogP contribution is 2.57. The average Bonchev–Trinajstić information content (AvgIpc) is 1.50. The largest absolute Gasteiger partial charge is 0.508 e. The molecule has 0 radical (unpaired) electrons. The van der Waals surface area contributed by atoms with Crippen LogP contribution in [0.5, 0.6) is 23.0 Å². The van der Waals surface area contributed by atoms with Crippen LogP contribution in [0.15, 0.2) is 125 Å². The van der Waals surface area contributed by atoms with E-state index in [1.165, 1.54) is 53.4 Å². The van der Waals surface area contributed by atoms with E-state index in [9.17, 15) is 20.1 Å². The number of benzene rings is 5. The zero-order valence-electron chi connectivity index (χ0n) is 57.8. The second-order valence-corrected chi connectivity index (χ2v) is 38.2. The van der Waals surface area contributed by atoms with E-state index in [2.05, 4.69) is 161 Å². The minimum absolute atomic E-state index is 0.00572. The molecule has 15 rings (SSSR count). The van der Waals surface area contributed by atoms with Crippen molar-refractivity contribution in [2.24, 2.45) is 9.98 Å². The first-order valence-electron chi connectivity index (χ1n) is 36.4. The molecule has 2 saturated heterocycles. The smallest absolute Gasteiger partial charge is 0.441 e. The predicted octanol–water partition coefficient (Wildman–Crippen LogP) is 4.30. The standard InChI is InChI=1S/C75H95N13O7S4Si/c1-74(2,3)100(60-10-6-4-7-11-60,61-12-8-5-9-13-61)93-41-50-20-29-85-31-22-52(79-70(85)77-50)43-97-45-54-24-33-87-35-26-56(83-72(87)81-54)47-99-48-57-27-36-88-34-25-55(82-73(88)84-57)46-98-44-53-23-32-86-30-21-51(78-71(86)80-53)42-96-37-28-76-68(91)49-14-17-63-62(38-49)69(92)95-75(63)64-18-15-58(89)39-66(64)94-67-40-59(90)16-19-65(67)75/h4-19,38-40,50-57H,20-37,41-48H2,1-3H3,(H7,76,77,78,79,80,81,82,83,84,89,90,91)/p+4/t50-,51+,52+,53-,54-,55+,56+,57-/m0/s1. The highest BCUT2D eigenvalue weighted by molar-refractivity contribution is 8.00. The number of hydrogen-bond donors (Lipinski definition) is 10. The molecule has 8 atom stereocenters. The lowest BCUT2D eigenvalue weighted by Crippen LogP contribution is -3.00. The van der Waals surface area contributed by atoms with Gasteiger partial charge in [0, 0.05) is 133 Å². The summed E-state index contributed by atoms with van der Waals surface area (Å²) in [7, 11) is -2.61. The third-order valence-electron chi connectivity index (χ3n) is 21.7. The Labute approximate surface area is 606 Å². The number of carbonyl (C=O) groups excluding carboxylic acids is 1. The monoisotopic (exact) mass is 1450 g/mol. The molecule has 20 nitrogen and oxygen atoms in total. The fourth-order valence-electron chi connectivity index (χ4n) is 16.3. The molecule has 530 valence electrons. The topological polar surface area (TPSA) is 233 Å². The van der Waals surface area contributed by atoms with Crippen LogP contribution in [0.2, 0.25) is 5.04 Å². The van der Waals surface area contributed by atoms with Crippen molar-refractivity contribution in [1.29, 1.82) is 0 Å². The summed E-state index contributed by atoms with van der Waals surface area (Å²) in [6.07, 6.45) is 9.05. The molecule has 0 aliphatic carbocycles. The summed E-state index contributed by atoms with van der Waals surface area (Å²) < 4.78 is 24.7. The molecule has 0 aromatic heterocycles. The number of phenols is 2. The molecular weight excluding hydrogens is 1350 g/mol. The molecule has 100 heavy (non-hydrogen) atoms. The van der Waals surface area contributed by atoms with Gasteiger partial charge in [0.05, 0.1) is 73.8 Å². The van der Waals surface area contributed by atoms with E-state index in [4.69, 9.17) is 23.9 Å². The molecule has 5 aromatic carbocycles. The lowest BCUT2D eigenvalue weighted by molar-refractivity contribution is -0.691. The van der Waals surface area contributed by atoms with E-state index in [0.717, 1.165) is 155 Å². The summed E-state index contributed by atoms with van der Waals surface area (Å²) in [6.45, 7) is 17.0. The van der Waals surface area contributed by atoms with Crippen molar-refractivity contribution < 1.29 is 53.5 Å². The predicted molar refractivity (Wildman–Crippen MR) is 406 cm³/mol. The van der Waals surface area contributed by atoms with E-state index < -0.39 is 19.9 Å². The van der Waals surface area contributed by atoms with Crippen LogP contribution < -0.4 is 52.0 Å². The molecule has 11 N–H and O–H groups in total. The third-order valence-corrected chi connectivity index (χ3v) is 31.6. The summed E-state index contributed by atoms with van der Waals surface area (Å²) in [5.41, 5.74) is 1.11. The number of phenolic OH excluding ortho intramolecular Hbond substituents is 2. The number of fused-ring (bicyclic) bond motifs is 8. The van der Waals surface area contributed by atoms with Crippen LogP contribution in [0, 0.1) is 0 Å². The lowest BCUT2D eigenvalue weighted by atomic mass is 9.77. The van der Waals surface area contributed by atoms with E-state index in [1.54, 1.807) is 30.3 Å². The molecule has 1 spiro atoms. The fraction of sp³-hybridized carbons (Fsp3) is 0.520. The number of aliphatic imine (C=N–C) groups is 2. The number of hydrogen-bond acceptors (Lipinski definition) is 19. The number of carbonyl (C=O) groups is 1.